The number of nitrogens with zero attached hydrogens (tertiary/aromatic N) is 3. The Labute approximate surface area is 110 Å². The molecule has 0 bridgehead atoms. The van der Waals surface area contributed by atoms with Crippen LogP contribution in [-0.2, 0) is 4.74 Å². The van der Waals surface area contributed by atoms with Gasteiger partial charge in [-0.25, -0.2) is 4.98 Å². The smallest absolute Gasteiger partial charge is 0.280 e. The number of anilines is 1. The van der Waals surface area contributed by atoms with Gasteiger partial charge < -0.3 is 25.8 Å². The molecule has 2 aromatic rings. The van der Waals surface area contributed by atoms with Crippen molar-refractivity contribution in [3.63, 3.8) is 0 Å². The Morgan fingerprint density at radius 3 is 2.85 bits per heavy atom. The number of nitrogens with one attached hydrogen (secondary N) is 1. The summed E-state index contributed by atoms with van der Waals surface area (Å²) in [5.74, 6) is -0.0966. The lowest BCUT2D eigenvalue weighted by Gasteiger charge is -2.22. The monoisotopic (exact) mass is 281 g/mol. The van der Waals surface area contributed by atoms with E-state index in [9.17, 15) is 20.1 Å². The molecule has 5 atom stereocenters. The molecular formula is C10H11N5O5. The topological polar surface area (TPSA) is 160 Å². The number of fused-ring (bicyclic) bond motifs is 2. The van der Waals surface area contributed by atoms with Crippen LogP contribution in [0.3, 0.4) is 0 Å². The molecule has 4 rings (SSSR count). The molecule has 1 saturated carbocycles. The Balaban J connectivity index is 1.83. The molecule has 2 aromatic heterocycles. The molecule has 1 unspecified atom stereocenters. The molecule has 106 valence electrons. The normalized spacial score (nSPS) is 39.1. The predicted molar refractivity (Wildman–Crippen MR) is 63.4 cm³/mol. The molecule has 10 heteroatoms. The zero-order chi connectivity index (χ0) is 14.2. The number of aromatic amines is 1. The van der Waals surface area contributed by atoms with E-state index in [1.54, 1.807) is 0 Å². The molecule has 1 aliphatic carbocycles. The minimum absolute atomic E-state index is 0.0445. The van der Waals surface area contributed by atoms with Crippen LogP contribution in [0, 0.1) is 0 Å². The summed E-state index contributed by atoms with van der Waals surface area (Å²) in [5, 5.41) is 29.5. The number of aliphatic hydroxyl groups is 3. The van der Waals surface area contributed by atoms with Crippen molar-refractivity contribution in [3.8, 4) is 0 Å². The van der Waals surface area contributed by atoms with Gasteiger partial charge in [0.1, 0.15) is 18.3 Å². The highest BCUT2D eigenvalue weighted by molar-refractivity contribution is 5.70. The van der Waals surface area contributed by atoms with Crippen LogP contribution in [0.4, 0.5) is 5.95 Å². The fourth-order valence-corrected chi connectivity index (χ4v) is 2.67. The van der Waals surface area contributed by atoms with Crippen molar-refractivity contribution in [1.82, 2.24) is 19.5 Å². The second kappa shape index (κ2) is 3.35. The molecule has 2 aliphatic rings. The standard InChI is InChI=1S/C10H11N5O5/c11-9-13-6-2(7(18)14-9)12-1-15(6)8-4(17)10(19)3(16)5(10)20-8/h1,3-5,8,16-17,19H,(H3,11,13,14,18)/t3?,4-,5-,8-,10+/m1/s1. The first-order valence-corrected chi connectivity index (χ1v) is 5.91. The van der Waals surface area contributed by atoms with Gasteiger partial charge >= 0.3 is 0 Å². The van der Waals surface area contributed by atoms with E-state index < -0.39 is 35.7 Å². The summed E-state index contributed by atoms with van der Waals surface area (Å²) in [6, 6.07) is 0. The molecule has 6 N–H and O–H groups in total. The summed E-state index contributed by atoms with van der Waals surface area (Å²) >= 11 is 0. The Bertz CT molecular complexity index is 771. The predicted octanol–water partition coefficient (Wildman–Crippen LogP) is -2.93. The number of ether oxygens (including phenoxy) is 1. The summed E-state index contributed by atoms with van der Waals surface area (Å²) in [6.45, 7) is 0. The lowest BCUT2D eigenvalue weighted by Crippen LogP contribution is -2.36. The van der Waals surface area contributed by atoms with Crippen LogP contribution in [0.5, 0.6) is 0 Å². The molecule has 3 heterocycles. The summed E-state index contributed by atoms with van der Waals surface area (Å²) in [5.41, 5.74) is 3.45. The molecule has 0 amide bonds. The van der Waals surface area contributed by atoms with Crippen molar-refractivity contribution < 1.29 is 20.1 Å². The number of rotatable bonds is 1. The van der Waals surface area contributed by atoms with Gasteiger partial charge in [-0.2, -0.15) is 4.98 Å². The van der Waals surface area contributed by atoms with Crippen LogP contribution < -0.4 is 11.3 Å². The zero-order valence-corrected chi connectivity index (χ0v) is 9.96. The van der Waals surface area contributed by atoms with E-state index in [1.807, 2.05) is 0 Å². The first-order valence-electron chi connectivity index (χ1n) is 5.91. The van der Waals surface area contributed by atoms with Crippen LogP contribution >= 0.6 is 0 Å². The van der Waals surface area contributed by atoms with Crippen molar-refractivity contribution in [2.75, 3.05) is 5.73 Å². The maximum atomic E-state index is 11.7. The van der Waals surface area contributed by atoms with Crippen molar-refractivity contribution in [3.05, 3.63) is 16.7 Å². The molecule has 0 spiro atoms. The Hall–Kier alpha value is -2.01. The second-order valence-corrected chi connectivity index (χ2v) is 5.00. The lowest BCUT2D eigenvalue weighted by atomic mass is 10.1. The van der Waals surface area contributed by atoms with E-state index in [4.69, 9.17) is 10.5 Å². The zero-order valence-electron chi connectivity index (χ0n) is 9.96. The van der Waals surface area contributed by atoms with E-state index in [0.29, 0.717) is 0 Å². The van der Waals surface area contributed by atoms with Crippen molar-refractivity contribution in [2.45, 2.75) is 30.1 Å². The molecule has 1 aliphatic heterocycles. The number of aliphatic hydroxyl groups excluding tert-OH is 2. The number of H-pyrrole nitrogens is 1. The molecule has 1 saturated heterocycles. The van der Waals surface area contributed by atoms with Gasteiger partial charge in [0.2, 0.25) is 5.95 Å². The first kappa shape index (κ1) is 11.8. The highest BCUT2D eigenvalue weighted by atomic mass is 16.6. The summed E-state index contributed by atoms with van der Waals surface area (Å²) in [6.07, 6.45) is -3.07. The molecule has 0 aromatic carbocycles. The number of hydrogen-bond donors (Lipinski definition) is 5. The number of aromatic nitrogens is 4. The Kier molecular flexibility index (Phi) is 1.98. The minimum Gasteiger partial charge on any atom is -0.387 e. The first-order chi connectivity index (χ1) is 9.44. The highest BCUT2D eigenvalue weighted by Crippen LogP contribution is 2.53. The largest absolute Gasteiger partial charge is 0.387 e. The maximum absolute atomic E-state index is 11.7. The fourth-order valence-electron chi connectivity index (χ4n) is 2.67. The van der Waals surface area contributed by atoms with E-state index in [-0.39, 0.29) is 17.1 Å². The van der Waals surface area contributed by atoms with Gasteiger partial charge in [0, 0.05) is 0 Å². The Morgan fingerprint density at radius 2 is 2.20 bits per heavy atom. The van der Waals surface area contributed by atoms with Crippen LogP contribution in [-0.4, -0.2) is 58.8 Å². The maximum Gasteiger partial charge on any atom is 0.280 e. The third kappa shape index (κ3) is 1.19. The van der Waals surface area contributed by atoms with Crippen LogP contribution in [0.1, 0.15) is 6.23 Å². The molecule has 2 fully saturated rings. The highest BCUT2D eigenvalue weighted by Gasteiger charge is 2.76. The summed E-state index contributed by atoms with van der Waals surface area (Å²) in [4.78, 5) is 21.8. The van der Waals surface area contributed by atoms with E-state index >= 15 is 0 Å². The van der Waals surface area contributed by atoms with E-state index in [0.717, 1.165) is 0 Å². The van der Waals surface area contributed by atoms with Crippen LogP contribution in [0.2, 0.25) is 0 Å². The second-order valence-electron chi connectivity index (χ2n) is 5.00. The van der Waals surface area contributed by atoms with Gasteiger partial charge in [0.05, 0.1) is 6.33 Å². The molecule has 0 radical (unpaired) electrons. The number of nitrogen functional groups attached to an aromatic ring is 1. The van der Waals surface area contributed by atoms with Gasteiger partial charge in [-0.3, -0.25) is 14.3 Å². The Morgan fingerprint density at radius 1 is 1.45 bits per heavy atom. The van der Waals surface area contributed by atoms with Crippen LogP contribution in [0.15, 0.2) is 11.1 Å². The average Bonchev–Trinajstić information content (AvgIpc) is 2.74. The number of nitrogens with two attached hydrogens (primary N) is 1. The van der Waals surface area contributed by atoms with Gasteiger partial charge in [-0.15, -0.1) is 0 Å². The van der Waals surface area contributed by atoms with Gasteiger partial charge in [-0.05, 0) is 0 Å². The average molecular weight is 281 g/mol. The third-order valence-corrected chi connectivity index (χ3v) is 3.86. The fraction of sp³-hybridized carbons (Fsp3) is 0.500. The SMILES string of the molecule is Nc1nc2c(ncn2[C@@H]2O[C@@H]3C(O)[C@]3(O)[C@@H]2O)c(=O)[nH]1. The van der Waals surface area contributed by atoms with Crippen molar-refractivity contribution in [2.24, 2.45) is 0 Å². The van der Waals surface area contributed by atoms with Crippen LogP contribution in [0.25, 0.3) is 11.2 Å². The lowest BCUT2D eigenvalue weighted by molar-refractivity contribution is -0.0942. The molecule has 20 heavy (non-hydrogen) atoms. The number of imidazole rings is 1. The van der Waals surface area contributed by atoms with E-state index in [1.165, 1.54) is 10.9 Å². The van der Waals surface area contributed by atoms with Gasteiger partial charge in [0.15, 0.2) is 23.0 Å². The summed E-state index contributed by atoms with van der Waals surface area (Å²) in [7, 11) is 0. The van der Waals surface area contributed by atoms with Gasteiger partial charge in [0.25, 0.3) is 5.56 Å². The summed E-state index contributed by atoms with van der Waals surface area (Å²) < 4.78 is 6.68. The third-order valence-electron chi connectivity index (χ3n) is 3.86. The van der Waals surface area contributed by atoms with Gasteiger partial charge in [-0.1, -0.05) is 0 Å². The quantitative estimate of drug-likeness (QED) is 0.371. The number of hydrogen-bond acceptors (Lipinski definition) is 8. The van der Waals surface area contributed by atoms with E-state index in [2.05, 4.69) is 15.0 Å². The van der Waals surface area contributed by atoms with Crippen molar-refractivity contribution >= 4 is 17.1 Å². The molecule has 10 nitrogen and oxygen atoms in total. The van der Waals surface area contributed by atoms with Crippen molar-refractivity contribution in [1.29, 1.82) is 0 Å². The molecular weight excluding hydrogens is 270 g/mol. The minimum atomic E-state index is -1.69.